The number of nitrogens with zero attached hydrogens (tertiary/aromatic N) is 1. The molecule has 0 bridgehead atoms. The van der Waals surface area contributed by atoms with Crippen LogP contribution in [0.5, 0.6) is 0 Å². The summed E-state index contributed by atoms with van der Waals surface area (Å²) in [5, 5.41) is 0. The van der Waals surface area contributed by atoms with E-state index in [4.69, 9.17) is 0 Å². The highest BCUT2D eigenvalue weighted by atomic mass is 16.2. The third kappa shape index (κ3) is 1.88. The van der Waals surface area contributed by atoms with Gasteiger partial charge in [0.05, 0.1) is 5.92 Å². The second-order valence-electron chi connectivity index (χ2n) is 4.85. The van der Waals surface area contributed by atoms with Crippen LogP contribution in [0.1, 0.15) is 25.7 Å². The number of hydrogen-bond acceptors (Lipinski definition) is 1. The van der Waals surface area contributed by atoms with Crippen molar-refractivity contribution in [3.63, 3.8) is 0 Å². The van der Waals surface area contributed by atoms with E-state index in [1.807, 2.05) is 11.0 Å². The predicted molar refractivity (Wildman–Crippen MR) is 68.1 cm³/mol. The van der Waals surface area contributed by atoms with Crippen molar-refractivity contribution in [2.24, 2.45) is 5.92 Å². The molecule has 0 aromatic heterocycles. The van der Waals surface area contributed by atoms with Crippen molar-refractivity contribution < 1.29 is 4.79 Å². The van der Waals surface area contributed by atoms with Crippen LogP contribution in [0, 0.1) is 5.92 Å². The monoisotopic (exact) mass is 227 g/mol. The molecule has 2 nitrogen and oxygen atoms in total. The molecule has 3 aliphatic rings. The van der Waals surface area contributed by atoms with Crippen LogP contribution in [0.3, 0.4) is 0 Å². The Morgan fingerprint density at radius 1 is 1.12 bits per heavy atom. The van der Waals surface area contributed by atoms with E-state index in [-0.39, 0.29) is 5.92 Å². The number of hydrogen-bond donors (Lipinski definition) is 0. The Balaban J connectivity index is 1.77. The first kappa shape index (κ1) is 10.6. The molecular formula is C15H17NO. The molecule has 0 aromatic carbocycles. The van der Waals surface area contributed by atoms with E-state index in [1.54, 1.807) is 0 Å². The van der Waals surface area contributed by atoms with Crippen LogP contribution in [0.2, 0.25) is 0 Å². The number of allylic oxidation sites excluding steroid dienone is 6. The fourth-order valence-electron chi connectivity index (χ4n) is 2.86. The molecule has 0 saturated carbocycles. The third-order valence-electron chi connectivity index (χ3n) is 3.78. The lowest BCUT2D eigenvalue weighted by atomic mass is 9.88. The normalized spacial score (nSPS) is 27.6. The highest BCUT2D eigenvalue weighted by Gasteiger charge is 2.32. The van der Waals surface area contributed by atoms with Gasteiger partial charge in [0, 0.05) is 18.7 Å². The average molecular weight is 227 g/mol. The molecule has 1 unspecified atom stereocenters. The van der Waals surface area contributed by atoms with Gasteiger partial charge in [0.25, 0.3) is 0 Å². The first-order valence-corrected chi connectivity index (χ1v) is 6.39. The molecule has 2 heteroatoms. The summed E-state index contributed by atoms with van der Waals surface area (Å²) in [6.45, 7) is 0.892. The molecular weight excluding hydrogens is 210 g/mol. The van der Waals surface area contributed by atoms with Crippen LogP contribution >= 0.6 is 0 Å². The van der Waals surface area contributed by atoms with Crippen LogP contribution < -0.4 is 0 Å². The van der Waals surface area contributed by atoms with Crippen molar-refractivity contribution in [3.05, 3.63) is 47.7 Å². The Morgan fingerprint density at radius 3 is 2.65 bits per heavy atom. The summed E-state index contributed by atoms with van der Waals surface area (Å²) in [5.74, 6) is 0.432. The zero-order chi connectivity index (χ0) is 11.7. The predicted octanol–water partition coefficient (Wildman–Crippen LogP) is 2.96. The smallest absolute Gasteiger partial charge is 0.233 e. The van der Waals surface area contributed by atoms with Gasteiger partial charge in [-0.05, 0) is 25.3 Å². The van der Waals surface area contributed by atoms with Crippen LogP contribution in [0.25, 0.3) is 0 Å². The average Bonchev–Trinajstić information content (AvgIpc) is 3.02. The van der Waals surface area contributed by atoms with E-state index in [0.29, 0.717) is 5.91 Å². The molecule has 1 atom stereocenters. The number of piperidine rings is 1. The molecule has 0 radical (unpaired) electrons. The Bertz CT molecular complexity index is 414. The second-order valence-corrected chi connectivity index (χ2v) is 4.85. The maximum absolute atomic E-state index is 12.5. The number of carbonyl (C=O) groups is 1. The fraction of sp³-hybridized carbons (Fsp3) is 0.400. The molecule has 0 aromatic rings. The molecule has 1 amide bonds. The molecule has 1 saturated heterocycles. The second kappa shape index (κ2) is 4.36. The van der Waals surface area contributed by atoms with Gasteiger partial charge >= 0.3 is 0 Å². The first-order valence-electron chi connectivity index (χ1n) is 6.39. The van der Waals surface area contributed by atoms with Gasteiger partial charge in [-0.25, -0.2) is 0 Å². The molecule has 2 aliphatic carbocycles. The van der Waals surface area contributed by atoms with E-state index in [9.17, 15) is 4.79 Å². The van der Waals surface area contributed by atoms with Crippen molar-refractivity contribution in [2.75, 3.05) is 6.54 Å². The lowest BCUT2D eigenvalue weighted by Gasteiger charge is -2.33. The third-order valence-corrected chi connectivity index (χ3v) is 3.78. The van der Waals surface area contributed by atoms with Gasteiger partial charge < -0.3 is 4.90 Å². The van der Waals surface area contributed by atoms with Gasteiger partial charge in [0.2, 0.25) is 5.91 Å². The van der Waals surface area contributed by atoms with Gasteiger partial charge in [-0.1, -0.05) is 36.0 Å². The number of rotatable bonds is 2. The maximum Gasteiger partial charge on any atom is 0.233 e. The minimum atomic E-state index is 0.125. The number of amides is 1. The lowest BCUT2D eigenvalue weighted by molar-refractivity contribution is -0.134. The van der Waals surface area contributed by atoms with Crippen LogP contribution in [-0.2, 0) is 4.79 Å². The maximum atomic E-state index is 12.5. The Hall–Kier alpha value is -1.57. The standard InChI is InChI=1S/C15H17NO/c17-15-14(12-6-1-2-7-12)10-5-11-16(15)13-8-3-4-9-13/h1-4,6,8,14H,5,7,9-11H2. The summed E-state index contributed by atoms with van der Waals surface area (Å²) in [6.07, 6.45) is 16.6. The zero-order valence-electron chi connectivity index (χ0n) is 9.93. The van der Waals surface area contributed by atoms with Crippen molar-refractivity contribution >= 4 is 5.91 Å². The quantitative estimate of drug-likeness (QED) is 0.710. The first-order chi connectivity index (χ1) is 8.36. The molecule has 3 rings (SSSR count). The molecule has 1 heterocycles. The van der Waals surface area contributed by atoms with Gasteiger partial charge in [-0.2, -0.15) is 0 Å². The van der Waals surface area contributed by atoms with E-state index in [2.05, 4.69) is 30.4 Å². The topological polar surface area (TPSA) is 20.3 Å². The fourth-order valence-corrected chi connectivity index (χ4v) is 2.86. The summed E-state index contributed by atoms with van der Waals surface area (Å²) >= 11 is 0. The number of carbonyl (C=O) groups excluding carboxylic acids is 1. The molecule has 0 spiro atoms. The van der Waals surface area contributed by atoms with E-state index < -0.39 is 0 Å². The largest absolute Gasteiger partial charge is 0.315 e. The lowest BCUT2D eigenvalue weighted by Crippen LogP contribution is -2.40. The van der Waals surface area contributed by atoms with Gasteiger partial charge in [-0.3, -0.25) is 4.79 Å². The highest BCUT2D eigenvalue weighted by molar-refractivity contribution is 5.84. The Labute approximate surface area is 102 Å². The molecule has 1 fully saturated rings. The Morgan fingerprint density at radius 2 is 1.94 bits per heavy atom. The van der Waals surface area contributed by atoms with Crippen LogP contribution in [0.4, 0.5) is 0 Å². The minimum absolute atomic E-state index is 0.125. The summed E-state index contributed by atoms with van der Waals surface area (Å²) in [5.41, 5.74) is 2.47. The summed E-state index contributed by atoms with van der Waals surface area (Å²) in [4.78, 5) is 14.5. The van der Waals surface area contributed by atoms with Gasteiger partial charge in [-0.15, -0.1) is 0 Å². The SMILES string of the molecule is O=C1C(C2=CC=CC2)CCCN1C1=CC=CC1. The molecule has 0 N–H and O–H groups in total. The summed E-state index contributed by atoms with van der Waals surface area (Å²) < 4.78 is 0. The van der Waals surface area contributed by atoms with Gasteiger partial charge in [0.15, 0.2) is 0 Å². The van der Waals surface area contributed by atoms with Crippen LogP contribution in [-0.4, -0.2) is 17.4 Å². The molecule has 1 aliphatic heterocycles. The van der Waals surface area contributed by atoms with E-state index >= 15 is 0 Å². The van der Waals surface area contributed by atoms with Crippen molar-refractivity contribution in [2.45, 2.75) is 25.7 Å². The minimum Gasteiger partial charge on any atom is -0.315 e. The highest BCUT2D eigenvalue weighted by Crippen LogP contribution is 2.32. The van der Waals surface area contributed by atoms with Crippen LogP contribution in [0.15, 0.2) is 47.7 Å². The Kier molecular flexibility index (Phi) is 2.71. The van der Waals surface area contributed by atoms with Crippen molar-refractivity contribution in [1.82, 2.24) is 4.90 Å². The number of likely N-dealkylation sites (tertiary alicyclic amines) is 1. The van der Waals surface area contributed by atoms with Crippen molar-refractivity contribution in [1.29, 1.82) is 0 Å². The van der Waals surface area contributed by atoms with E-state index in [1.165, 1.54) is 11.3 Å². The van der Waals surface area contributed by atoms with Crippen molar-refractivity contribution in [3.8, 4) is 0 Å². The zero-order valence-corrected chi connectivity index (χ0v) is 9.93. The van der Waals surface area contributed by atoms with E-state index in [0.717, 1.165) is 32.2 Å². The summed E-state index contributed by atoms with van der Waals surface area (Å²) in [6, 6.07) is 0. The van der Waals surface area contributed by atoms with Gasteiger partial charge in [0.1, 0.15) is 0 Å². The molecule has 88 valence electrons. The summed E-state index contributed by atoms with van der Waals surface area (Å²) in [7, 11) is 0. The molecule has 17 heavy (non-hydrogen) atoms.